The number of carbonyl (C=O) groups is 2. The normalized spacial score (nSPS) is 10.7. The van der Waals surface area contributed by atoms with Crippen molar-refractivity contribution in [2.75, 3.05) is 7.11 Å². The Kier molecular flexibility index (Phi) is 6.08. The maximum absolute atomic E-state index is 12.2. The number of benzene rings is 3. The highest BCUT2D eigenvalue weighted by Crippen LogP contribution is 2.30. The number of Topliss-reactive ketones (excluding diaryl/α,β-unsaturated/α-hetero) is 1. The summed E-state index contributed by atoms with van der Waals surface area (Å²) in [5.41, 5.74) is 0.678. The van der Waals surface area contributed by atoms with Gasteiger partial charge in [-0.15, -0.1) is 0 Å². The van der Waals surface area contributed by atoms with E-state index in [2.05, 4.69) is 35.1 Å². The Morgan fingerprint density at radius 2 is 1.54 bits per heavy atom. The molecule has 0 spiro atoms. The van der Waals surface area contributed by atoms with E-state index in [-0.39, 0.29) is 18.2 Å². The van der Waals surface area contributed by atoms with Crippen molar-refractivity contribution in [1.29, 1.82) is 0 Å². The van der Waals surface area contributed by atoms with Gasteiger partial charge in [-0.05, 0) is 41.5 Å². The molecule has 3 nitrogen and oxygen atoms in total. The van der Waals surface area contributed by atoms with Crippen molar-refractivity contribution in [3.8, 4) is 0 Å². The number of ether oxygens (including phenoxy) is 1. The molecule has 132 valence electrons. The summed E-state index contributed by atoms with van der Waals surface area (Å²) in [5, 5.41) is 2.44. The third kappa shape index (κ3) is 4.73. The van der Waals surface area contributed by atoms with E-state index < -0.39 is 0 Å². The number of methoxy groups -OCH3 is 1. The second-order valence-corrected chi connectivity index (χ2v) is 7.14. The summed E-state index contributed by atoms with van der Waals surface area (Å²) in [7, 11) is 1.36. The highest BCUT2D eigenvalue weighted by Gasteiger charge is 2.08. The van der Waals surface area contributed by atoms with Crippen molar-refractivity contribution in [3.05, 3.63) is 72.3 Å². The van der Waals surface area contributed by atoms with Crippen molar-refractivity contribution in [2.24, 2.45) is 0 Å². The van der Waals surface area contributed by atoms with Gasteiger partial charge in [-0.3, -0.25) is 9.59 Å². The summed E-state index contributed by atoms with van der Waals surface area (Å²) in [5.74, 6) is -0.226. The second-order valence-electron chi connectivity index (χ2n) is 5.99. The third-order valence-corrected chi connectivity index (χ3v) is 5.14. The number of fused-ring (bicyclic) bond motifs is 1. The lowest BCUT2D eigenvalue weighted by Gasteiger charge is -2.05. The number of ketones is 1. The standard InChI is InChI=1S/C22H20O3S/c1-25-22(24)8-4-7-21(23)17-10-12-19(13-11-17)26-20-14-9-16-5-2-3-6-18(16)15-20/h2-3,5-6,9-15H,4,7-8H2,1H3. The molecule has 0 saturated carbocycles. The summed E-state index contributed by atoms with van der Waals surface area (Å²) in [6, 6.07) is 22.3. The topological polar surface area (TPSA) is 43.4 Å². The van der Waals surface area contributed by atoms with Gasteiger partial charge in [0.25, 0.3) is 0 Å². The van der Waals surface area contributed by atoms with Gasteiger partial charge in [0.15, 0.2) is 5.78 Å². The monoisotopic (exact) mass is 364 g/mol. The molecule has 0 unspecified atom stereocenters. The van der Waals surface area contributed by atoms with Crippen molar-refractivity contribution < 1.29 is 14.3 Å². The molecule has 0 aliphatic carbocycles. The molecule has 0 aromatic heterocycles. The van der Waals surface area contributed by atoms with E-state index in [9.17, 15) is 9.59 Å². The molecule has 4 heteroatoms. The fraction of sp³-hybridized carbons (Fsp3) is 0.182. The van der Waals surface area contributed by atoms with Crippen LogP contribution in [0.3, 0.4) is 0 Å². The number of hydrogen-bond donors (Lipinski definition) is 0. The molecule has 0 radical (unpaired) electrons. The first kappa shape index (κ1) is 18.2. The van der Waals surface area contributed by atoms with Crippen LogP contribution < -0.4 is 0 Å². The Balaban J connectivity index is 1.61. The fourth-order valence-electron chi connectivity index (χ4n) is 2.72. The van der Waals surface area contributed by atoms with Crippen LogP contribution in [-0.2, 0) is 9.53 Å². The minimum atomic E-state index is -0.278. The van der Waals surface area contributed by atoms with E-state index in [0.717, 1.165) is 4.90 Å². The van der Waals surface area contributed by atoms with Crippen LogP contribution in [0.5, 0.6) is 0 Å². The van der Waals surface area contributed by atoms with E-state index in [1.54, 1.807) is 11.8 Å². The molecular weight excluding hydrogens is 344 g/mol. The van der Waals surface area contributed by atoms with E-state index >= 15 is 0 Å². The molecule has 3 aromatic carbocycles. The van der Waals surface area contributed by atoms with Crippen LogP contribution in [0.4, 0.5) is 0 Å². The lowest BCUT2D eigenvalue weighted by atomic mass is 10.1. The Morgan fingerprint density at radius 3 is 2.27 bits per heavy atom. The molecule has 0 atom stereocenters. The summed E-state index contributed by atoms with van der Waals surface area (Å²) in [6.07, 6.45) is 1.14. The van der Waals surface area contributed by atoms with Gasteiger partial charge in [-0.2, -0.15) is 0 Å². The van der Waals surface area contributed by atoms with Crippen LogP contribution >= 0.6 is 11.8 Å². The minimum absolute atomic E-state index is 0.0520. The minimum Gasteiger partial charge on any atom is -0.469 e. The molecule has 0 saturated heterocycles. The smallest absolute Gasteiger partial charge is 0.305 e. The SMILES string of the molecule is COC(=O)CCCC(=O)c1ccc(Sc2ccc3ccccc3c2)cc1. The van der Waals surface area contributed by atoms with Crippen LogP contribution in [0, 0.1) is 0 Å². The predicted octanol–water partition coefficient (Wildman–Crippen LogP) is 5.52. The summed E-state index contributed by atoms with van der Waals surface area (Å²) in [4.78, 5) is 25.5. The fourth-order valence-corrected chi connectivity index (χ4v) is 3.58. The van der Waals surface area contributed by atoms with Crippen molar-refractivity contribution in [1.82, 2.24) is 0 Å². The summed E-state index contributed by atoms with van der Waals surface area (Å²) in [6.45, 7) is 0. The summed E-state index contributed by atoms with van der Waals surface area (Å²) < 4.78 is 4.58. The maximum atomic E-state index is 12.2. The highest BCUT2D eigenvalue weighted by molar-refractivity contribution is 7.99. The lowest BCUT2D eigenvalue weighted by molar-refractivity contribution is -0.140. The Morgan fingerprint density at radius 1 is 0.846 bits per heavy atom. The molecule has 0 amide bonds. The molecule has 26 heavy (non-hydrogen) atoms. The molecule has 0 heterocycles. The molecule has 3 rings (SSSR count). The zero-order chi connectivity index (χ0) is 18.4. The molecule has 0 fully saturated rings. The largest absolute Gasteiger partial charge is 0.469 e. The maximum Gasteiger partial charge on any atom is 0.305 e. The van der Waals surface area contributed by atoms with E-state index in [1.807, 2.05) is 36.4 Å². The zero-order valence-electron chi connectivity index (χ0n) is 14.6. The number of esters is 1. The van der Waals surface area contributed by atoms with Crippen LogP contribution in [-0.4, -0.2) is 18.9 Å². The van der Waals surface area contributed by atoms with Gasteiger partial charge in [0.2, 0.25) is 0 Å². The average molecular weight is 364 g/mol. The zero-order valence-corrected chi connectivity index (χ0v) is 15.4. The molecule has 0 aliphatic rings. The quantitative estimate of drug-likeness (QED) is 0.409. The van der Waals surface area contributed by atoms with E-state index in [4.69, 9.17) is 0 Å². The Labute approximate surface area is 157 Å². The Hall–Kier alpha value is -2.59. The van der Waals surface area contributed by atoms with E-state index in [0.29, 0.717) is 18.4 Å². The van der Waals surface area contributed by atoms with Gasteiger partial charge < -0.3 is 4.74 Å². The first-order valence-electron chi connectivity index (χ1n) is 8.52. The van der Waals surface area contributed by atoms with Gasteiger partial charge in [0.05, 0.1) is 7.11 Å². The lowest BCUT2D eigenvalue weighted by Crippen LogP contribution is -2.03. The second kappa shape index (κ2) is 8.68. The molecular formula is C22H20O3S. The van der Waals surface area contributed by atoms with Crippen molar-refractivity contribution >= 4 is 34.3 Å². The number of carbonyl (C=O) groups excluding carboxylic acids is 2. The van der Waals surface area contributed by atoms with Gasteiger partial charge in [-0.25, -0.2) is 0 Å². The highest BCUT2D eigenvalue weighted by atomic mass is 32.2. The number of hydrogen-bond acceptors (Lipinski definition) is 4. The third-order valence-electron chi connectivity index (χ3n) is 4.15. The molecule has 0 aliphatic heterocycles. The first-order chi connectivity index (χ1) is 12.7. The molecule has 0 N–H and O–H groups in total. The van der Waals surface area contributed by atoms with Gasteiger partial charge >= 0.3 is 5.97 Å². The van der Waals surface area contributed by atoms with Gasteiger partial charge in [0.1, 0.15) is 0 Å². The summed E-state index contributed by atoms with van der Waals surface area (Å²) >= 11 is 1.68. The Bertz CT molecular complexity index is 916. The van der Waals surface area contributed by atoms with Crippen LogP contribution in [0.15, 0.2) is 76.5 Å². The van der Waals surface area contributed by atoms with E-state index in [1.165, 1.54) is 22.8 Å². The first-order valence-corrected chi connectivity index (χ1v) is 9.34. The van der Waals surface area contributed by atoms with Gasteiger partial charge in [0, 0.05) is 28.2 Å². The van der Waals surface area contributed by atoms with Crippen molar-refractivity contribution in [3.63, 3.8) is 0 Å². The van der Waals surface area contributed by atoms with Crippen LogP contribution in [0.1, 0.15) is 29.6 Å². The van der Waals surface area contributed by atoms with Crippen molar-refractivity contribution in [2.45, 2.75) is 29.1 Å². The number of rotatable bonds is 7. The predicted molar refractivity (Wildman–Crippen MR) is 105 cm³/mol. The van der Waals surface area contributed by atoms with Crippen LogP contribution in [0.25, 0.3) is 10.8 Å². The molecule has 3 aromatic rings. The van der Waals surface area contributed by atoms with Gasteiger partial charge in [-0.1, -0.05) is 54.2 Å². The molecule has 0 bridgehead atoms. The average Bonchev–Trinajstić information content (AvgIpc) is 2.68. The van der Waals surface area contributed by atoms with Crippen LogP contribution in [0.2, 0.25) is 0 Å².